The van der Waals surface area contributed by atoms with Gasteiger partial charge in [-0.2, -0.15) is 0 Å². The molecular formula is C14H20N2O3. The van der Waals surface area contributed by atoms with Crippen LogP contribution in [0.1, 0.15) is 33.3 Å². The third kappa shape index (κ3) is 4.05. The van der Waals surface area contributed by atoms with E-state index in [1.54, 1.807) is 17.0 Å². The van der Waals surface area contributed by atoms with Crippen LogP contribution in [0.3, 0.4) is 0 Å². The Kier molecular flexibility index (Phi) is 4.64. The van der Waals surface area contributed by atoms with Gasteiger partial charge < -0.3 is 4.90 Å². The van der Waals surface area contributed by atoms with Crippen LogP contribution >= 0.6 is 0 Å². The van der Waals surface area contributed by atoms with Gasteiger partial charge in [-0.3, -0.25) is 14.9 Å². The summed E-state index contributed by atoms with van der Waals surface area (Å²) in [5.74, 6) is 0.0313. The molecule has 1 aromatic carbocycles. The van der Waals surface area contributed by atoms with Crippen LogP contribution in [0.15, 0.2) is 24.3 Å². The molecule has 5 nitrogen and oxygen atoms in total. The first kappa shape index (κ1) is 15.1. The van der Waals surface area contributed by atoms with Gasteiger partial charge in [0.2, 0.25) is 5.91 Å². The van der Waals surface area contributed by atoms with Crippen molar-refractivity contribution >= 4 is 11.6 Å². The summed E-state index contributed by atoms with van der Waals surface area (Å²) in [6.07, 6.45) is 0.267. The molecule has 0 aliphatic carbocycles. The van der Waals surface area contributed by atoms with Crippen molar-refractivity contribution in [3.8, 4) is 0 Å². The van der Waals surface area contributed by atoms with Gasteiger partial charge in [0, 0.05) is 24.2 Å². The minimum Gasteiger partial charge on any atom is -0.338 e. The fraction of sp³-hybridized carbons (Fsp3) is 0.500. The average molecular weight is 264 g/mol. The molecule has 0 radical (unpaired) electrons. The Balaban J connectivity index is 2.79. The third-order valence-electron chi connectivity index (χ3n) is 2.93. The lowest BCUT2D eigenvalue weighted by Crippen LogP contribution is -2.46. The van der Waals surface area contributed by atoms with Crippen molar-refractivity contribution in [3.05, 3.63) is 39.9 Å². The Morgan fingerprint density at radius 1 is 1.26 bits per heavy atom. The van der Waals surface area contributed by atoms with E-state index in [1.165, 1.54) is 12.1 Å². The van der Waals surface area contributed by atoms with E-state index in [-0.39, 0.29) is 23.6 Å². The molecule has 19 heavy (non-hydrogen) atoms. The van der Waals surface area contributed by atoms with Crippen LogP contribution in [0.2, 0.25) is 0 Å². The summed E-state index contributed by atoms with van der Waals surface area (Å²) in [6, 6.07) is 6.12. The van der Waals surface area contributed by atoms with Crippen molar-refractivity contribution in [1.29, 1.82) is 0 Å². The number of non-ortho nitro benzene ring substituents is 1. The summed E-state index contributed by atoms with van der Waals surface area (Å²) < 4.78 is 0. The highest BCUT2D eigenvalue weighted by Gasteiger charge is 2.24. The molecule has 0 unspecified atom stereocenters. The predicted molar refractivity (Wildman–Crippen MR) is 73.9 cm³/mol. The number of benzene rings is 1. The van der Waals surface area contributed by atoms with Gasteiger partial charge in [0.25, 0.3) is 5.69 Å². The van der Waals surface area contributed by atoms with E-state index in [1.807, 2.05) is 27.7 Å². The van der Waals surface area contributed by atoms with Crippen molar-refractivity contribution in [1.82, 2.24) is 4.90 Å². The highest BCUT2D eigenvalue weighted by atomic mass is 16.6. The van der Waals surface area contributed by atoms with Crippen LogP contribution in [0.5, 0.6) is 0 Å². The maximum absolute atomic E-state index is 12.2. The zero-order chi connectivity index (χ0) is 14.6. The molecule has 0 saturated heterocycles. The first-order valence-electron chi connectivity index (χ1n) is 6.29. The largest absolute Gasteiger partial charge is 0.338 e. The first-order valence-corrected chi connectivity index (χ1v) is 6.29. The van der Waals surface area contributed by atoms with Crippen LogP contribution in [0, 0.1) is 10.1 Å². The van der Waals surface area contributed by atoms with Gasteiger partial charge in [0.05, 0.1) is 11.3 Å². The highest BCUT2D eigenvalue weighted by Crippen LogP contribution is 2.17. The predicted octanol–water partition coefficient (Wildman–Crippen LogP) is 2.78. The summed E-state index contributed by atoms with van der Waals surface area (Å²) >= 11 is 0. The van der Waals surface area contributed by atoms with Crippen LogP contribution in [0.4, 0.5) is 5.69 Å². The van der Waals surface area contributed by atoms with E-state index in [2.05, 4.69) is 0 Å². The van der Waals surface area contributed by atoms with Gasteiger partial charge >= 0.3 is 0 Å². The van der Waals surface area contributed by atoms with E-state index in [9.17, 15) is 14.9 Å². The van der Waals surface area contributed by atoms with Crippen molar-refractivity contribution in [2.75, 3.05) is 6.54 Å². The molecule has 0 aliphatic heterocycles. The van der Waals surface area contributed by atoms with Gasteiger partial charge in [0.1, 0.15) is 0 Å². The Bertz CT molecular complexity index is 461. The summed E-state index contributed by atoms with van der Waals surface area (Å²) in [7, 11) is 0. The molecule has 0 aliphatic rings. The fourth-order valence-electron chi connectivity index (χ4n) is 2.03. The molecule has 0 spiro atoms. The number of nitro benzene ring substituents is 1. The van der Waals surface area contributed by atoms with E-state index in [0.29, 0.717) is 6.54 Å². The van der Waals surface area contributed by atoms with Gasteiger partial charge in [-0.05, 0) is 33.3 Å². The van der Waals surface area contributed by atoms with E-state index >= 15 is 0 Å². The Hall–Kier alpha value is -1.91. The molecular weight excluding hydrogens is 244 g/mol. The first-order chi connectivity index (χ1) is 8.75. The number of nitrogens with zero attached hydrogens (tertiary/aromatic N) is 2. The normalized spacial score (nSPS) is 11.2. The smallest absolute Gasteiger partial charge is 0.269 e. The molecule has 0 saturated carbocycles. The summed E-state index contributed by atoms with van der Waals surface area (Å²) in [4.78, 5) is 24.1. The molecule has 0 heterocycles. The third-order valence-corrected chi connectivity index (χ3v) is 2.93. The number of hydrogen-bond donors (Lipinski definition) is 0. The van der Waals surface area contributed by atoms with E-state index in [0.717, 1.165) is 5.56 Å². The van der Waals surface area contributed by atoms with Crippen LogP contribution in [-0.4, -0.2) is 27.8 Å². The second-order valence-corrected chi connectivity index (χ2v) is 5.41. The van der Waals surface area contributed by atoms with Gasteiger partial charge in [-0.25, -0.2) is 0 Å². The SMILES string of the molecule is CCN(C(=O)Cc1ccc([N+](=O)[O-])cc1)C(C)(C)C. The molecule has 5 heteroatoms. The maximum Gasteiger partial charge on any atom is 0.269 e. The molecule has 104 valence electrons. The van der Waals surface area contributed by atoms with E-state index < -0.39 is 4.92 Å². The Labute approximate surface area is 113 Å². The zero-order valence-electron chi connectivity index (χ0n) is 11.8. The molecule has 0 bridgehead atoms. The standard InChI is InChI=1S/C14H20N2O3/c1-5-15(14(2,3)4)13(17)10-11-6-8-12(9-7-11)16(18)19/h6-9H,5,10H2,1-4H3. The maximum atomic E-state index is 12.2. The summed E-state index contributed by atoms with van der Waals surface area (Å²) in [6.45, 7) is 8.56. The lowest BCUT2D eigenvalue weighted by Gasteiger charge is -2.35. The Morgan fingerprint density at radius 3 is 2.16 bits per heavy atom. The molecule has 1 aromatic rings. The van der Waals surface area contributed by atoms with Crippen LogP contribution < -0.4 is 0 Å². The minimum atomic E-state index is -0.445. The number of nitro groups is 1. The van der Waals surface area contributed by atoms with Crippen LogP contribution in [0.25, 0.3) is 0 Å². The van der Waals surface area contributed by atoms with Crippen molar-refractivity contribution in [3.63, 3.8) is 0 Å². The topological polar surface area (TPSA) is 63.5 Å². The molecule has 0 aromatic heterocycles. The molecule has 1 amide bonds. The Morgan fingerprint density at radius 2 is 1.79 bits per heavy atom. The monoisotopic (exact) mass is 264 g/mol. The molecule has 1 rings (SSSR count). The van der Waals surface area contributed by atoms with E-state index in [4.69, 9.17) is 0 Å². The molecule has 0 atom stereocenters. The van der Waals surface area contributed by atoms with Crippen molar-refractivity contribution in [2.24, 2.45) is 0 Å². The minimum absolute atomic E-state index is 0.0313. The number of likely N-dealkylation sites (N-methyl/N-ethyl adjacent to an activating group) is 1. The fourth-order valence-corrected chi connectivity index (χ4v) is 2.03. The zero-order valence-corrected chi connectivity index (χ0v) is 11.8. The second kappa shape index (κ2) is 5.82. The number of hydrogen-bond acceptors (Lipinski definition) is 3. The lowest BCUT2D eigenvalue weighted by atomic mass is 10.0. The van der Waals surface area contributed by atoms with Crippen LogP contribution in [-0.2, 0) is 11.2 Å². The number of carbonyl (C=O) groups excluding carboxylic acids is 1. The van der Waals surface area contributed by atoms with Gasteiger partial charge in [-0.15, -0.1) is 0 Å². The quantitative estimate of drug-likeness (QED) is 0.620. The molecule has 0 fully saturated rings. The average Bonchev–Trinajstić information content (AvgIpc) is 2.28. The van der Waals surface area contributed by atoms with Crippen molar-refractivity contribution < 1.29 is 9.72 Å². The number of amides is 1. The molecule has 0 N–H and O–H groups in total. The summed E-state index contributed by atoms with van der Waals surface area (Å²) in [5, 5.41) is 10.6. The lowest BCUT2D eigenvalue weighted by molar-refractivity contribution is -0.384. The van der Waals surface area contributed by atoms with Gasteiger partial charge in [-0.1, -0.05) is 12.1 Å². The number of carbonyl (C=O) groups is 1. The highest BCUT2D eigenvalue weighted by molar-refractivity contribution is 5.79. The number of rotatable bonds is 4. The second-order valence-electron chi connectivity index (χ2n) is 5.41. The van der Waals surface area contributed by atoms with Gasteiger partial charge in [0.15, 0.2) is 0 Å². The summed E-state index contributed by atoms with van der Waals surface area (Å²) in [5.41, 5.74) is 0.616. The van der Waals surface area contributed by atoms with Crippen molar-refractivity contribution in [2.45, 2.75) is 39.7 Å².